The third-order valence-corrected chi connectivity index (χ3v) is 3.98. The Morgan fingerprint density at radius 1 is 1.53 bits per heavy atom. The maximum atomic E-state index is 9.47. The van der Waals surface area contributed by atoms with Gasteiger partial charge in [0.15, 0.2) is 0 Å². The van der Waals surface area contributed by atoms with Crippen molar-refractivity contribution in [3.8, 4) is 11.8 Å². The Labute approximate surface area is 107 Å². The lowest BCUT2D eigenvalue weighted by Crippen LogP contribution is -2.40. The number of nitrogens with zero attached hydrogens (tertiary/aromatic N) is 1. The van der Waals surface area contributed by atoms with Crippen molar-refractivity contribution in [2.75, 3.05) is 7.11 Å². The van der Waals surface area contributed by atoms with E-state index in [1.807, 2.05) is 12.1 Å². The SMILES string of the molecule is CCC1CC(C#N)(c2cc(Cl)ccc2OC)C1. The standard InChI is InChI=1S/C14H16ClNO/c1-3-10-7-14(8-10,9-16)12-6-11(15)4-5-13(12)17-2/h4-6,10H,3,7-8H2,1-2H3. The van der Waals surface area contributed by atoms with E-state index in [2.05, 4.69) is 13.0 Å². The van der Waals surface area contributed by atoms with Gasteiger partial charge in [-0.1, -0.05) is 24.9 Å². The predicted molar refractivity (Wildman–Crippen MR) is 68.3 cm³/mol. The summed E-state index contributed by atoms with van der Waals surface area (Å²) in [6.45, 7) is 2.17. The summed E-state index contributed by atoms with van der Waals surface area (Å²) in [5.74, 6) is 1.42. The monoisotopic (exact) mass is 249 g/mol. The van der Waals surface area contributed by atoms with Crippen LogP contribution in [0.4, 0.5) is 0 Å². The molecule has 0 aliphatic heterocycles. The maximum Gasteiger partial charge on any atom is 0.123 e. The molecule has 2 nitrogen and oxygen atoms in total. The van der Waals surface area contributed by atoms with Gasteiger partial charge in [0.05, 0.1) is 18.6 Å². The molecule has 90 valence electrons. The second kappa shape index (κ2) is 4.58. The molecule has 0 aromatic heterocycles. The van der Waals surface area contributed by atoms with Crippen molar-refractivity contribution in [1.82, 2.24) is 0 Å². The summed E-state index contributed by atoms with van der Waals surface area (Å²) < 4.78 is 5.34. The van der Waals surface area contributed by atoms with Crippen molar-refractivity contribution in [3.63, 3.8) is 0 Å². The Morgan fingerprint density at radius 3 is 2.76 bits per heavy atom. The topological polar surface area (TPSA) is 33.0 Å². The van der Waals surface area contributed by atoms with Crippen LogP contribution in [-0.2, 0) is 5.41 Å². The number of rotatable bonds is 3. The highest BCUT2D eigenvalue weighted by Gasteiger charge is 2.46. The molecule has 17 heavy (non-hydrogen) atoms. The number of nitriles is 1. The largest absolute Gasteiger partial charge is 0.496 e. The van der Waals surface area contributed by atoms with E-state index in [9.17, 15) is 5.26 Å². The first kappa shape index (κ1) is 12.3. The van der Waals surface area contributed by atoms with Crippen molar-refractivity contribution < 1.29 is 4.74 Å². The average Bonchev–Trinajstić information content (AvgIpc) is 2.29. The van der Waals surface area contributed by atoms with Gasteiger partial charge in [-0.3, -0.25) is 0 Å². The average molecular weight is 250 g/mol. The van der Waals surface area contributed by atoms with Crippen LogP contribution < -0.4 is 4.74 Å². The van der Waals surface area contributed by atoms with E-state index in [-0.39, 0.29) is 0 Å². The van der Waals surface area contributed by atoms with Gasteiger partial charge >= 0.3 is 0 Å². The molecule has 1 aliphatic rings. The molecule has 0 amide bonds. The Morgan fingerprint density at radius 2 is 2.24 bits per heavy atom. The number of hydrogen-bond donors (Lipinski definition) is 0. The summed E-state index contributed by atoms with van der Waals surface area (Å²) in [4.78, 5) is 0. The number of halogens is 1. The van der Waals surface area contributed by atoms with Crippen LogP contribution in [-0.4, -0.2) is 7.11 Å². The fourth-order valence-corrected chi connectivity index (χ4v) is 2.81. The fourth-order valence-electron chi connectivity index (χ4n) is 2.64. The lowest BCUT2D eigenvalue weighted by Gasteiger charge is -2.43. The molecular formula is C14H16ClNO. The van der Waals surface area contributed by atoms with Crippen molar-refractivity contribution in [2.24, 2.45) is 5.92 Å². The van der Waals surface area contributed by atoms with Crippen molar-refractivity contribution in [1.29, 1.82) is 5.26 Å². The molecule has 0 spiro atoms. The van der Waals surface area contributed by atoms with Gasteiger partial charge in [0.25, 0.3) is 0 Å². The Hall–Kier alpha value is -1.20. The quantitative estimate of drug-likeness (QED) is 0.813. The van der Waals surface area contributed by atoms with Crippen molar-refractivity contribution >= 4 is 11.6 Å². The minimum Gasteiger partial charge on any atom is -0.496 e. The van der Waals surface area contributed by atoms with Crippen LogP contribution in [0.15, 0.2) is 18.2 Å². The highest BCUT2D eigenvalue weighted by Crippen LogP contribution is 2.51. The van der Waals surface area contributed by atoms with E-state index in [0.717, 1.165) is 30.6 Å². The minimum atomic E-state index is -0.392. The molecule has 0 atom stereocenters. The second-order valence-corrected chi connectivity index (χ2v) is 5.16. The highest BCUT2D eigenvalue weighted by molar-refractivity contribution is 6.30. The molecule has 0 radical (unpaired) electrons. The summed E-state index contributed by atoms with van der Waals surface area (Å²) in [6.07, 6.45) is 2.96. The fraction of sp³-hybridized carbons (Fsp3) is 0.500. The molecule has 1 aliphatic carbocycles. The van der Waals surface area contributed by atoms with E-state index in [4.69, 9.17) is 16.3 Å². The van der Waals surface area contributed by atoms with Gasteiger partial charge in [0.2, 0.25) is 0 Å². The first-order valence-corrected chi connectivity index (χ1v) is 6.28. The molecule has 1 saturated carbocycles. The zero-order valence-electron chi connectivity index (χ0n) is 10.2. The number of benzene rings is 1. The molecule has 0 bridgehead atoms. The van der Waals surface area contributed by atoms with Crippen LogP contribution in [0.3, 0.4) is 0 Å². The number of hydrogen-bond acceptors (Lipinski definition) is 2. The van der Waals surface area contributed by atoms with Gasteiger partial charge in [-0.2, -0.15) is 5.26 Å². The van der Waals surface area contributed by atoms with Crippen LogP contribution in [0.5, 0.6) is 5.75 Å². The van der Waals surface area contributed by atoms with E-state index >= 15 is 0 Å². The van der Waals surface area contributed by atoms with Crippen LogP contribution in [0, 0.1) is 17.2 Å². The van der Waals surface area contributed by atoms with E-state index in [1.165, 1.54) is 0 Å². The highest BCUT2D eigenvalue weighted by atomic mass is 35.5. The molecule has 1 aromatic carbocycles. The van der Waals surface area contributed by atoms with Gasteiger partial charge < -0.3 is 4.74 Å². The summed E-state index contributed by atoms with van der Waals surface area (Å²) in [5.41, 5.74) is 0.552. The third kappa shape index (κ3) is 2.00. The maximum absolute atomic E-state index is 9.47. The minimum absolute atomic E-state index is 0.392. The normalized spacial score (nSPS) is 27.1. The molecule has 1 fully saturated rings. The molecule has 3 heteroatoms. The van der Waals surface area contributed by atoms with Gasteiger partial charge in [0, 0.05) is 10.6 Å². The van der Waals surface area contributed by atoms with Crippen LogP contribution in [0.2, 0.25) is 5.02 Å². The molecule has 0 unspecified atom stereocenters. The first-order chi connectivity index (χ1) is 8.15. The molecule has 0 heterocycles. The van der Waals surface area contributed by atoms with Gasteiger partial charge in [-0.05, 0) is 37.0 Å². The lowest BCUT2D eigenvalue weighted by atomic mass is 9.58. The van der Waals surface area contributed by atoms with Gasteiger partial charge in [-0.25, -0.2) is 0 Å². The molecule has 1 aromatic rings. The third-order valence-electron chi connectivity index (χ3n) is 3.74. The second-order valence-electron chi connectivity index (χ2n) is 4.72. The Kier molecular flexibility index (Phi) is 3.31. The van der Waals surface area contributed by atoms with Gasteiger partial charge in [-0.15, -0.1) is 0 Å². The van der Waals surface area contributed by atoms with Crippen LogP contribution >= 0.6 is 11.6 Å². The van der Waals surface area contributed by atoms with E-state index in [0.29, 0.717) is 10.9 Å². The first-order valence-electron chi connectivity index (χ1n) is 5.90. The molecule has 0 N–H and O–H groups in total. The molecule has 0 saturated heterocycles. The van der Waals surface area contributed by atoms with Crippen molar-refractivity contribution in [3.05, 3.63) is 28.8 Å². The summed E-state index contributed by atoms with van der Waals surface area (Å²) in [5, 5.41) is 10.1. The summed E-state index contributed by atoms with van der Waals surface area (Å²) in [6, 6.07) is 7.97. The molecular weight excluding hydrogens is 234 g/mol. The number of ether oxygens (including phenoxy) is 1. The van der Waals surface area contributed by atoms with E-state index < -0.39 is 5.41 Å². The van der Waals surface area contributed by atoms with Crippen LogP contribution in [0.1, 0.15) is 31.7 Å². The van der Waals surface area contributed by atoms with Crippen LogP contribution in [0.25, 0.3) is 0 Å². The molecule has 2 rings (SSSR count). The zero-order chi connectivity index (χ0) is 12.5. The van der Waals surface area contributed by atoms with Crippen molar-refractivity contribution in [2.45, 2.75) is 31.6 Å². The Balaban J connectivity index is 2.39. The predicted octanol–water partition coefficient (Wildman–Crippen LogP) is 3.93. The zero-order valence-corrected chi connectivity index (χ0v) is 10.9. The summed E-state index contributed by atoms with van der Waals surface area (Å²) in [7, 11) is 1.63. The van der Waals surface area contributed by atoms with Gasteiger partial charge in [0.1, 0.15) is 5.75 Å². The Bertz CT molecular complexity index is 458. The number of methoxy groups -OCH3 is 1. The van der Waals surface area contributed by atoms with E-state index in [1.54, 1.807) is 13.2 Å². The lowest BCUT2D eigenvalue weighted by molar-refractivity contribution is 0.187. The summed E-state index contributed by atoms with van der Waals surface area (Å²) >= 11 is 6.02. The smallest absolute Gasteiger partial charge is 0.123 e.